The Bertz CT molecular complexity index is 799. The molecule has 0 N–H and O–H groups in total. The molecular weight excluding hydrogens is 313 g/mol. The maximum absolute atomic E-state index is 14.0. The Morgan fingerprint density at radius 1 is 1.12 bits per heavy atom. The first-order valence-corrected chi connectivity index (χ1v) is 9.00. The van der Waals surface area contributed by atoms with Crippen LogP contribution in [0.5, 0.6) is 0 Å². The lowest BCUT2D eigenvalue weighted by atomic mass is 9.82. The summed E-state index contributed by atoms with van der Waals surface area (Å²) in [6, 6.07) is 16.5. The Hall–Kier alpha value is -2.26. The number of nitrogens with zero attached hydrogens (tertiary/aromatic N) is 1. The molecule has 1 fully saturated rings. The molecule has 128 valence electrons. The summed E-state index contributed by atoms with van der Waals surface area (Å²) in [6.45, 7) is 0.971. The van der Waals surface area contributed by atoms with E-state index in [1.165, 1.54) is 30.0 Å². The highest BCUT2D eigenvalue weighted by Gasteiger charge is 2.34. The van der Waals surface area contributed by atoms with Gasteiger partial charge in [-0.15, -0.1) is 0 Å². The fraction of sp³-hybridized carbons (Fsp3) is 0.318. The summed E-state index contributed by atoms with van der Waals surface area (Å²) < 4.78 is 14.0. The smallest absolute Gasteiger partial charge is 0.152 e. The molecule has 4 rings (SSSR count). The van der Waals surface area contributed by atoms with Crippen molar-refractivity contribution in [2.24, 2.45) is 0 Å². The quantitative estimate of drug-likeness (QED) is 0.745. The third-order valence-electron chi connectivity index (χ3n) is 5.49. The Balaban J connectivity index is 1.60. The molecule has 0 amide bonds. The van der Waals surface area contributed by atoms with Gasteiger partial charge in [0.1, 0.15) is 5.82 Å². The van der Waals surface area contributed by atoms with Crippen LogP contribution in [-0.2, 0) is 6.54 Å². The molecule has 2 nitrogen and oxygen atoms in total. The summed E-state index contributed by atoms with van der Waals surface area (Å²) in [4.78, 5) is 13.4. The first kappa shape index (κ1) is 16.2. The summed E-state index contributed by atoms with van der Waals surface area (Å²) in [6.07, 6.45) is 7.43. The molecule has 25 heavy (non-hydrogen) atoms. The van der Waals surface area contributed by atoms with Crippen LogP contribution < -0.4 is 0 Å². The zero-order chi connectivity index (χ0) is 17.2. The van der Waals surface area contributed by atoms with Gasteiger partial charge in [-0.3, -0.25) is 9.69 Å². The van der Waals surface area contributed by atoms with Crippen molar-refractivity contribution in [2.45, 2.75) is 44.3 Å². The molecule has 2 unspecified atom stereocenters. The minimum absolute atomic E-state index is 0.131. The van der Waals surface area contributed by atoms with Crippen molar-refractivity contribution in [3.8, 4) is 0 Å². The average Bonchev–Trinajstić information content (AvgIpc) is 2.62. The molecule has 1 saturated heterocycles. The van der Waals surface area contributed by atoms with Gasteiger partial charge in [0, 0.05) is 18.6 Å². The van der Waals surface area contributed by atoms with Crippen molar-refractivity contribution < 1.29 is 9.18 Å². The average molecular weight is 335 g/mol. The minimum Gasteiger partial charge on any atom is -0.298 e. The van der Waals surface area contributed by atoms with Crippen LogP contribution >= 0.6 is 0 Å². The van der Waals surface area contributed by atoms with Gasteiger partial charge in [-0.25, -0.2) is 4.39 Å². The lowest BCUT2D eigenvalue weighted by molar-refractivity contribution is 0.0951. The van der Waals surface area contributed by atoms with Crippen LogP contribution in [0.1, 0.15) is 47.2 Å². The van der Waals surface area contributed by atoms with Crippen LogP contribution in [0.2, 0.25) is 0 Å². The van der Waals surface area contributed by atoms with Crippen molar-refractivity contribution in [3.63, 3.8) is 0 Å². The van der Waals surface area contributed by atoms with E-state index in [0.717, 1.165) is 24.9 Å². The molecule has 2 atom stereocenters. The summed E-state index contributed by atoms with van der Waals surface area (Å²) in [5, 5.41) is 0. The second-order valence-electron chi connectivity index (χ2n) is 7.06. The van der Waals surface area contributed by atoms with Gasteiger partial charge in [0.2, 0.25) is 0 Å². The normalized spacial score (nSPS) is 23.2. The third-order valence-corrected chi connectivity index (χ3v) is 5.49. The van der Waals surface area contributed by atoms with Crippen molar-refractivity contribution in [1.82, 2.24) is 4.90 Å². The number of benzene rings is 2. The lowest BCUT2D eigenvalue weighted by Gasteiger charge is -2.45. The summed E-state index contributed by atoms with van der Waals surface area (Å²) >= 11 is 0. The maximum Gasteiger partial charge on any atom is 0.152 e. The van der Waals surface area contributed by atoms with Gasteiger partial charge in [0.05, 0.1) is 5.56 Å². The van der Waals surface area contributed by atoms with Gasteiger partial charge >= 0.3 is 0 Å². The molecule has 2 bridgehead atoms. The van der Waals surface area contributed by atoms with E-state index in [0.29, 0.717) is 18.4 Å². The number of halogens is 1. The lowest BCUT2D eigenvalue weighted by Crippen LogP contribution is -2.47. The van der Waals surface area contributed by atoms with Crippen LogP contribution in [-0.4, -0.2) is 23.3 Å². The molecule has 2 aromatic carbocycles. The van der Waals surface area contributed by atoms with E-state index in [9.17, 15) is 9.18 Å². The number of fused-ring (bicyclic) bond motifs is 2. The van der Waals surface area contributed by atoms with Crippen molar-refractivity contribution in [2.75, 3.05) is 0 Å². The van der Waals surface area contributed by atoms with Crippen LogP contribution in [0.25, 0.3) is 5.57 Å². The Kier molecular flexibility index (Phi) is 4.50. The molecule has 2 aliphatic rings. The SMILES string of the molecule is O=Cc1ccc(C2=CC3CCCC(C2)N3Cc2ccccc2)cc1F. The Labute approximate surface area is 148 Å². The fourth-order valence-electron chi connectivity index (χ4n) is 4.19. The van der Waals surface area contributed by atoms with Gasteiger partial charge in [-0.1, -0.05) is 48.9 Å². The van der Waals surface area contributed by atoms with Gasteiger partial charge in [0.25, 0.3) is 0 Å². The molecule has 2 heterocycles. The molecule has 0 aliphatic carbocycles. The number of aldehydes is 1. The van der Waals surface area contributed by atoms with E-state index >= 15 is 0 Å². The predicted molar refractivity (Wildman–Crippen MR) is 97.8 cm³/mol. The number of carbonyl (C=O) groups excluding carboxylic acids is 1. The largest absolute Gasteiger partial charge is 0.298 e. The van der Waals surface area contributed by atoms with Crippen molar-refractivity contribution in [1.29, 1.82) is 0 Å². The maximum atomic E-state index is 14.0. The van der Waals surface area contributed by atoms with E-state index in [-0.39, 0.29) is 5.56 Å². The summed E-state index contributed by atoms with van der Waals surface area (Å²) in [5.74, 6) is -0.426. The standard InChI is InChI=1S/C22H22FNO/c23-22-13-17(9-10-18(22)15-25)19-11-20-7-4-8-21(12-19)24(20)14-16-5-2-1-3-6-16/h1-3,5-6,9-11,13,15,20-21H,4,7-8,12,14H2. The first-order valence-electron chi connectivity index (χ1n) is 9.00. The second-order valence-corrected chi connectivity index (χ2v) is 7.06. The summed E-state index contributed by atoms with van der Waals surface area (Å²) in [7, 11) is 0. The summed E-state index contributed by atoms with van der Waals surface area (Å²) in [5.41, 5.74) is 3.61. The second kappa shape index (κ2) is 6.93. The van der Waals surface area contributed by atoms with Gasteiger partial charge in [-0.2, -0.15) is 0 Å². The minimum atomic E-state index is -0.426. The van der Waals surface area contributed by atoms with Crippen LogP contribution in [0.15, 0.2) is 54.6 Å². The number of hydrogen-bond acceptors (Lipinski definition) is 2. The van der Waals surface area contributed by atoms with E-state index in [1.807, 2.05) is 6.07 Å². The Morgan fingerprint density at radius 3 is 2.68 bits per heavy atom. The molecule has 0 aromatic heterocycles. The van der Waals surface area contributed by atoms with E-state index < -0.39 is 5.82 Å². The molecule has 0 spiro atoms. The van der Waals surface area contributed by atoms with Crippen molar-refractivity contribution in [3.05, 3.63) is 77.1 Å². The highest BCUT2D eigenvalue weighted by molar-refractivity contribution is 5.77. The van der Waals surface area contributed by atoms with E-state index in [2.05, 4.69) is 41.3 Å². The first-order chi connectivity index (χ1) is 12.2. The molecule has 2 aromatic rings. The number of hydrogen-bond donors (Lipinski definition) is 0. The number of rotatable bonds is 4. The topological polar surface area (TPSA) is 20.3 Å². The van der Waals surface area contributed by atoms with E-state index in [1.54, 1.807) is 6.07 Å². The van der Waals surface area contributed by atoms with Crippen LogP contribution in [0.3, 0.4) is 0 Å². The zero-order valence-electron chi connectivity index (χ0n) is 14.2. The third kappa shape index (κ3) is 3.29. The predicted octanol–water partition coefficient (Wildman–Crippen LogP) is 4.85. The van der Waals surface area contributed by atoms with Gasteiger partial charge in [-0.05, 0) is 48.1 Å². The highest BCUT2D eigenvalue weighted by atomic mass is 19.1. The molecule has 3 heteroatoms. The highest BCUT2D eigenvalue weighted by Crippen LogP contribution is 2.38. The number of piperidine rings is 1. The Morgan fingerprint density at radius 2 is 1.96 bits per heavy atom. The molecule has 0 radical (unpaired) electrons. The van der Waals surface area contributed by atoms with Crippen LogP contribution in [0, 0.1) is 5.82 Å². The fourth-order valence-corrected chi connectivity index (χ4v) is 4.19. The van der Waals surface area contributed by atoms with E-state index in [4.69, 9.17) is 0 Å². The zero-order valence-corrected chi connectivity index (χ0v) is 14.2. The molecule has 0 saturated carbocycles. The van der Waals surface area contributed by atoms with Gasteiger partial charge in [0.15, 0.2) is 6.29 Å². The van der Waals surface area contributed by atoms with Gasteiger partial charge < -0.3 is 0 Å². The molecule has 2 aliphatic heterocycles. The number of carbonyl (C=O) groups is 1. The van der Waals surface area contributed by atoms with Crippen molar-refractivity contribution >= 4 is 11.9 Å². The van der Waals surface area contributed by atoms with Crippen LogP contribution in [0.4, 0.5) is 4.39 Å². The molecular formula is C22H22FNO. The monoisotopic (exact) mass is 335 g/mol.